The van der Waals surface area contributed by atoms with Gasteiger partial charge >= 0.3 is 0 Å². The topological polar surface area (TPSA) is 75.9 Å². The van der Waals surface area contributed by atoms with Crippen LogP contribution in [0, 0.1) is 0 Å². The van der Waals surface area contributed by atoms with Crippen molar-refractivity contribution < 1.29 is 14.6 Å². The number of nitrogens with zero attached hydrogens (tertiary/aromatic N) is 2. The number of aromatic nitrogens is 2. The number of carbonyl (C=O) groups is 1. The molecular formula is C16H15N3O3. The van der Waals surface area contributed by atoms with Crippen LogP contribution in [-0.2, 0) is 6.54 Å². The van der Waals surface area contributed by atoms with E-state index in [2.05, 4.69) is 10.3 Å². The number of aromatic hydroxyl groups is 1. The number of pyridine rings is 1. The van der Waals surface area contributed by atoms with Crippen LogP contribution in [-0.4, -0.2) is 27.5 Å². The summed E-state index contributed by atoms with van der Waals surface area (Å²) in [5, 5.41) is 12.5. The molecule has 2 heterocycles. The van der Waals surface area contributed by atoms with Crippen molar-refractivity contribution in [3.05, 3.63) is 60.0 Å². The van der Waals surface area contributed by atoms with Gasteiger partial charge in [0.15, 0.2) is 11.4 Å². The second-order valence-corrected chi connectivity index (χ2v) is 4.77. The molecule has 112 valence electrons. The molecule has 3 aromatic rings. The minimum atomic E-state index is -0.208. The SMILES string of the molecule is COc1cccc(C(=O)NCc2cn3cccc(O)c3n2)c1. The van der Waals surface area contributed by atoms with E-state index >= 15 is 0 Å². The van der Waals surface area contributed by atoms with E-state index in [9.17, 15) is 9.90 Å². The lowest BCUT2D eigenvalue weighted by Gasteiger charge is -2.05. The van der Waals surface area contributed by atoms with Crippen molar-refractivity contribution in [1.82, 2.24) is 14.7 Å². The predicted octanol–water partition coefficient (Wildman–Crippen LogP) is 1.98. The van der Waals surface area contributed by atoms with E-state index in [0.717, 1.165) is 0 Å². The third-order valence-corrected chi connectivity index (χ3v) is 3.27. The van der Waals surface area contributed by atoms with Gasteiger partial charge in [-0.1, -0.05) is 6.07 Å². The van der Waals surface area contributed by atoms with Gasteiger partial charge in [-0.15, -0.1) is 0 Å². The first-order chi connectivity index (χ1) is 10.7. The second kappa shape index (κ2) is 5.77. The van der Waals surface area contributed by atoms with Gasteiger partial charge in [0.2, 0.25) is 0 Å². The second-order valence-electron chi connectivity index (χ2n) is 4.77. The minimum Gasteiger partial charge on any atom is -0.504 e. The predicted molar refractivity (Wildman–Crippen MR) is 81.0 cm³/mol. The quantitative estimate of drug-likeness (QED) is 0.772. The van der Waals surface area contributed by atoms with Crippen LogP contribution in [0.5, 0.6) is 11.5 Å². The van der Waals surface area contributed by atoms with Crippen molar-refractivity contribution in [2.24, 2.45) is 0 Å². The zero-order chi connectivity index (χ0) is 15.5. The Labute approximate surface area is 127 Å². The lowest BCUT2D eigenvalue weighted by atomic mass is 10.2. The summed E-state index contributed by atoms with van der Waals surface area (Å²) in [7, 11) is 1.56. The first-order valence-corrected chi connectivity index (χ1v) is 6.75. The van der Waals surface area contributed by atoms with E-state index in [-0.39, 0.29) is 18.2 Å². The number of imidazole rings is 1. The zero-order valence-electron chi connectivity index (χ0n) is 12.0. The molecule has 0 saturated carbocycles. The molecule has 3 rings (SSSR count). The van der Waals surface area contributed by atoms with Crippen molar-refractivity contribution in [2.75, 3.05) is 7.11 Å². The van der Waals surface area contributed by atoms with Crippen LogP contribution >= 0.6 is 0 Å². The fourth-order valence-electron chi connectivity index (χ4n) is 2.17. The van der Waals surface area contributed by atoms with Gasteiger partial charge in [0.05, 0.1) is 19.3 Å². The van der Waals surface area contributed by atoms with E-state index in [1.807, 2.05) is 0 Å². The van der Waals surface area contributed by atoms with E-state index in [0.29, 0.717) is 22.7 Å². The number of benzene rings is 1. The van der Waals surface area contributed by atoms with Gasteiger partial charge in [0.1, 0.15) is 5.75 Å². The molecule has 6 nitrogen and oxygen atoms in total. The first kappa shape index (κ1) is 13.9. The lowest BCUT2D eigenvalue weighted by Crippen LogP contribution is -2.22. The van der Waals surface area contributed by atoms with Crippen LogP contribution in [0.15, 0.2) is 48.8 Å². The lowest BCUT2D eigenvalue weighted by molar-refractivity contribution is 0.0950. The number of amides is 1. The summed E-state index contributed by atoms with van der Waals surface area (Å²) in [5.74, 6) is 0.526. The maximum absolute atomic E-state index is 12.1. The highest BCUT2D eigenvalue weighted by Crippen LogP contribution is 2.17. The van der Waals surface area contributed by atoms with Crippen LogP contribution in [0.2, 0.25) is 0 Å². The Hall–Kier alpha value is -3.02. The van der Waals surface area contributed by atoms with Crippen molar-refractivity contribution in [3.63, 3.8) is 0 Å². The number of methoxy groups -OCH3 is 1. The molecule has 0 spiro atoms. The Balaban J connectivity index is 1.73. The Morgan fingerprint density at radius 3 is 3.00 bits per heavy atom. The first-order valence-electron chi connectivity index (χ1n) is 6.75. The summed E-state index contributed by atoms with van der Waals surface area (Å²) < 4.78 is 6.81. The van der Waals surface area contributed by atoms with Gasteiger partial charge in [0, 0.05) is 18.0 Å². The molecule has 0 fully saturated rings. The molecule has 0 radical (unpaired) electrons. The fraction of sp³-hybridized carbons (Fsp3) is 0.125. The minimum absolute atomic E-state index is 0.105. The van der Waals surface area contributed by atoms with Gasteiger partial charge in [-0.25, -0.2) is 4.98 Å². The Kier molecular flexibility index (Phi) is 3.65. The highest BCUT2D eigenvalue weighted by molar-refractivity contribution is 5.94. The molecule has 2 aromatic heterocycles. The van der Waals surface area contributed by atoms with Gasteiger partial charge in [-0.05, 0) is 30.3 Å². The molecule has 0 bridgehead atoms. The summed E-state index contributed by atoms with van der Waals surface area (Å²) in [6.45, 7) is 0.275. The summed E-state index contributed by atoms with van der Waals surface area (Å²) in [6, 6.07) is 10.2. The molecule has 0 saturated heterocycles. The standard InChI is InChI=1S/C16H15N3O3/c1-22-13-5-2-4-11(8-13)16(21)17-9-12-10-19-7-3-6-14(20)15(19)18-12/h2-8,10,20H,9H2,1H3,(H,17,21). The van der Waals surface area contributed by atoms with Gasteiger partial charge in [0.25, 0.3) is 5.91 Å². The molecule has 2 N–H and O–H groups in total. The maximum atomic E-state index is 12.1. The number of rotatable bonds is 4. The van der Waals surface area contributed by atoms with Crippen LogP contribution in [0.3, 0.4) is 0 Å². The molecule has 0 unspecified atom stereocenters. The summed E-state index contributed by atoms with van der Waals surface area (Å²) >= 11 is 0. The third kappa shape index (κ3) is 2.71. The van der Waals surface area contributed by atoms with Crippen molar-refractivity contribution in [1.29, 1.82) is 0 Å². The Morgan fingerprint density at radius 1 is 1.36 bits per heavy atom. The number of hydrogen-bond acceptors (Lipinski definition) is 4. The molecule has 1 amide bonds. The van der Waals surface area contributed by atoms with E-state index < -0.39 is 0 Å². The number of nitrogens with one attached hydrogen (secondary N) is 1. The van der Waals surface area contributed by atoms with Crippen LogP contribution in [0.4, 0.5) is 0 Å². The number of hydrogen-bond donors (Lipinski definition) is 2. The normalized spacial score (nSPS) is 10.6. The zero-order valence-corrected chi connectivity index (χ0v) is 12.0. The van der Waals surface area contributed by atoms with E-state index in [1.165, 1.54) is 0 Å². The Bertz CT molecular complexity index is 826. The van der Waals surface area contributed by atoms with Gasteiger partial charge in [-0.3, -0.25) is 4.79 Å². The monoisotopic (exact) mass is 297 g/mol. The number of ether oxygens (including phenoxy) is 1. The summed E-state index contributed by atoms with van der Waals surface area (Å²) in [4.78, 5) is 16.4. The van der Waals surface area contributed by atoms with Crippen molar-refractivity contribution in [3.8, 4) is 11.5 Å². The van der Waals surface area contributed by atoms with E-state index in [1.54, 1.807) is 60.3 Å². The van der Waals surface area contributed by atoms with Crippen LogP contribution in [0.1, 0.15) is 16.1 Å². The molecule has 0 aliphatic rings. The molecule has 0 atom stereocenters. The summed E-state index contributed by atoms with van der Waals surface area (Å²) in [6.07, 6.45) is 3.55. The van der Waals surface area contributed by atoms with Gasteiger partial charge in [-0.2, -0.15) is 0 Å². The molecule has 6 heteroatoms. The van der Waals surface area contributed by atoms with Crippen LogP contribution in [0.25, 0.3) is 5.65 Å². The molecule has 1 aromatic carbocycles. The smallest absolute Gasteiger partial charge is 0.251 e. The highest BCUT2D eigenvalue weighted by atomic mass is 16.5. The third-order valence-electron chi connectivity index (χ3n) is 3.27. The molecule has 0 aliphatic carbocycles. The number of fused-ring (bicyclic) bond motifs is 1. The van der Waals surface area contributed by atoms with Crippen LogP contribution < -0.4 is 10.1 Å². The largest absolute Gasteiger partial charge is 0.504 e. The van der Waals surface area contributed by atoms with Crippen molar-refractivity contribution >= 4 is 11.6 Å². The number of carbonyl (C=O) groups excluding carboxylic acids is 1. The fourth-order valence-corrected chi connectivity index (χ4v) is 2.17. The molecule has 22 heavy (non-hydrogen) atoms. The Morgan fingerprint density at radius 2 is 2.23 bits per heavy atom. The molecule has 0 aliphatic heterocycles. The average Bonchev–Trinajstić information content (AvgIpc) is 2.97. The maximum Gasteiger partial charge on any atom is 0.251 e. The summed E-state index contributed by atoms with van der Waals surface area (Å²) in [5.41, 5.74) is 1.65. The van der Waals surface area contributed by atoms with Gasteiger partial charge < -0.3 is 19.6 Å². The average molecular weight is 297 g/mol. The van der Waals surface area contributed by atoms with Crippen molar-refractivity contribution in [2.45, 2.75) is 6.54 Å². The molecular weight excluding hydrogens is 282 g/mol. The highest BCUT2D eigenvalue weighted by Gasteiger charge is 2.09. The van der Waals surface area contributed by atoms with E-state index in [4.69, 9.17) is 4.74 Å².